The van der Waals surface area contributed by atoms with Crippen LogP contribution in [-0.4, -0.2) is 29.2 Å². The van der Waals surface area contributed by atoms with Crippen LogP contribution < -0.4 is 10.1 Å². The van der Waals surface area contributed by atoms with Gasteiger partial charge in [0.25, 0.3) is 11.6 Å². The summed E-state index contributed by atoms with van der Waals surface area (Å²) in [6, 6.07) is 13.0. The molecule has 0 bridgehead atoms. The van der Waals surface area contributed by atoms with Gasteiger partial charge in [-0.05, 0) is 50.6 Å². The summed E-state index contributed by atoms with van der Waals surface area (Å²) in [6.45, 7) is 3.80. The third-order valence-electron chi connectivity index (χ3n) is 4.94. The average molecular weight is 405 g/mol. The number of hydrogen-bond donors (Lipinski definition) is 1. The summed E-state index contributed by atoms with van der Waals surface area (Å²) >= 11 is 0. The lowest BCUT2D eigenvalue weighted by Crippen LogP contribution is -2.33. The molecule has 30 heavy (non-hydrogen) atoms. The molecule has 1 N–H and O–H groups in total. The van der Waals surface area contributed by atoms with Gasteiger partial charge in [0.1, 0.15) is 17.2 Å². The second-order valence-electron chi connectivity index (χ2n) is 7.25. The predicted octanol–water partition coefficient (Wildman–Crippen LogP) is 4.55. The number of carbonyl (C=O) groups is 1. The van der Waals surface area contributed by atoms with E-state index in [0.717, 1.165) is 24.2 Å². The Labute approximate surface area is 174 Å². The Morgan fingerprint density at radius 1 is 1.23 bits per heavy atom. The molecule has 1 amide bonds. The summed E-state index contributed by atoms with van der Waals surface area (Å²) < 4.78 is 16.1. The van der Waals surface area contributed by atoms with E-state index in [2.05, 4.69) is 15.5 Å². The lowest BCUT2D eigenvalue weighted by molar-refractivity contribution is 0.0939. The first kappa shape index (κ1) is 19.7. The smallest absolute Gasteiger partial charge is 0.259 e. The molecule has 0 aliphatic heterocycles. The van der Waals surface area contributed by atoms with E-state index in [0.29, 0.717) is 33.8 Å². The summed E-state index contributed by atoms with van der Waals surface area (Å²) in [5.41, 5.74) is 2.86. The third-order valence-corrected chi connectivity index (χ3v) is 4.94. The fraction of sp³-hybridized carbons (Fsp3) is 0.261. The molecule has 3 aromatic heterocycles. The fourth-order valence-corrected chi connectivity index (χ4v) is 3.41. The third kappa shape index (κ3) is 4.05. The number of aryl methyl sites for hydroxylation is 2. The molecule has 0 aliphatic carbocycles. The normalized spacial score (nSPS) is 12.1. The molecular weight excluding hydrogens is 382 g/mol. The van der Waals surface area contributed by atoms with E-state index in [-0.39, 0.29) is 11.9 Å². The van der Waals surface area contributed by atoms with Crippen LogP contribution >= 0.6 is 0 Å². The quantitative estimate of drug-likeness (QED) is 0.485. The maximum atomic E-state index is 13.1. The van der Waals surface area contributed by atoms with E-state index in [1.165, 1.54) is 0 Å². The lowest BCUT2D eigenvalue weighted by atomic mass is 10.0. The zero-order valence-corrected chi connectivity index (χ0v) is 17.1. The number of methoxy groups -OCH3 is 1. The Kier molecular flexibility index (Phi) is 5.52. The number of benzene rings is 1. The van der Waals surface area contributed by atoms with Crippen molar-refractivity contribution in [2.45, 2.75) is 32.7 Å². The van der Waals surface area contributed by atoms with Gasteiger partial charge in [-0.2, -0.15) is 0 Å². The number of aromatic nitrogens is 2. The molecule has 0 unspecified atom stereocenters. The highest BCUT2D eigenvalue weighted by molar-refractivity contribution is 6.09. The number of amides is 1. The van der Waals surface area contributed by atoms with Gasteiger partial charge in [0.2, 0.25) is 0 Å². The number of carbonyl (C=O) groups excluding carboxylic acids is 1. The number of nitrogens with one attached hydrogen (secondary N) is 1. The molecule has 7 nitrogen and oxygen atoms in total. The van der Waals surface area contributed by atoms with Gasteiger partial charge in [0, 0.05) is 23.7 Å². The van der Waals surface area contributed by atoms with Crippen LogP contribution in [0.5, 0.6) is 5.75 Å². The highest BCUT2D eigenvalue weighted by Gasteiger charge is 2.22. The van der Waals surface area contributed by atoms with Crippen molar-refractivity contribution >= 4 is 17.0 Å². The second kappa shape index (κ2) is 8.41. The maximum absolute atomic E-state index is 13.1. The Hall–Kier alpha value is -3.61. The van der Waals surface area contributed by atoms with Gasteiger partial charge in [-0.1, -0.05) is 17.3 Å². The molecule has 0 saturated carbocycles. The maximum Gasteiger partial charge on any atom is 0.259 e. The van der Waals surface area contributed by atoms with Crippen molar-refractivity contribution in [3.8, 4) is 17.0 Å². The van der Waals surface area contributed by atoms with Crippen LogP contribution in [0.15, 0.2) is 57.7 Å². The molecule has 1 atom stereocenters. The molecule has 4 rings (SSSR count). The monoisotopic (exact) mass is 405 g/mol. The first-order valence-corrected chi connectivity index (χ1v) is 9.80. The molecule has 0 spiro atoms. The van der Waals surface area contributed by atoms with Crippen LogP contribution in [-0.2, 0) is 6.42 Å². The Balaban J connectivity index is 1.64. The van der Waals surface area contributed by atoms with Gasteiger partial charge < -0.3 is 19.0 Å². The molecule has 0 radical (unpaired) electrons. The van der Waals surface area contributed by atoms with E-state index in [4.69, 9.17) is 13.7 Å². The average Bonchev–Trinajstić information content (AvgIpc) is 3.41. The molecule has 4 aromatic rings. The SMILES string of the molecule is COc1cccc(-c2noc3nc(C)cc(C(=O)N[C@H](C)CCc4ccco4)c23)c1. The van der Waals surface area contributed by atoms with Crippen molar-refractivity contribution in [3.63, 3.8) is 0 Å². The zero-order chi connectivity index (χ0) is 21.1. The van der Waals surface area contributed by atoms with Crippen LogP contribution in [0.1, 0.15) is 35.2 Å². The van der Waals surface area contributed by atoms with Crippen LogP contribution in [0.3, 0.4) is 0 Å². The molecule has 3 heterocycles. The predicted molar refractivity (Wildman–Crippen MR) is 112 cm³/mol. The summed E-state index contributed by atoms with van der Waals surface area (Å²) in [6.07, 6.45) is 3.17. The Morgan fingerprint density at radius 2 is 2.10 bits per heavy atom. The lowest BCUT2D eigenvalue weighted by Gasteiger charge is -2.14. The van der Waals surface area contributed by atoms with Crippen molar-refractivity contribution in [1.29, 1.82) is 0 Å². The first-order chi connectivity index (χ1) is 14.5. The number of hydrogen-bond acceptors (Lipinski definition) is 6. The number of pyridine rings is 1. The van der Waals surface area contributed by atoms with Gasteiger partial charge >= 0.3 is 0 Å². The van der Waals surface area contributed by atoms with Crippen molar-refractivity contribution in [3.05, 3.63) is 65.7 Å². The zero-order valence-electron chi connectivity index (χ0n) is 17.1. The van der Waals surface area contributed by atoms with Gasteiger partial charge in [-0.15, -0.1) is 0 Å². The minimum atomic E-state index is -0.190. The van der Waals surface area contributed by atoms with Crippen molar-refractivity contribution < 1.29 is 18.5 Å². The highest BCUT2D eigenvalue weighted by Crippen LogP contribution is 2.32. The summed E-state index contributed by atoms with van der Waals surface area (Å²) in [4.78, 5) is 17.5. The number of nitrogens with zero attached hydrogens (tertiary/aromatic N) is 2. The van der Waals surface area contributed by atoms with Gasteiger partial charge in [-0.25, -0.2) is 4.98 Å². The standard InChI is InChI=1S/C23H23N3O4/c1-14(9-10-17-8-5-11-29-17)24-22(27)19-12-15(2)25-23-20(19)21(26-30-23)16-6-4-7-18(13-16)28-3/h4-8,11-14H,9-10H2,1-3H3,(H,24,27)/t14-/m1/s1. The molecule has 1 aromatic carbocycles. The molecular formula is C23H23N3O4. The van der Waals surface area contributed by atoms with Gasteiger partial charge in [0.15, 0.2) is 0 Å². The number of fused-ring (bicyclic) bond motifs is 1. The summed E-state index contributed by atoms with van der Waals surface area (Å²) in [7, 11) is 1.61. The molecule has 154 valence electrons. The Morgan fingerprint density at radius 3 is 2.87 bits per heavy atom. The molecule has 7 heteroatoms. The van der Waals surface area contributed by atoms with Crippen molar-refractivity contribution in [1.82, 2.24) is 15.5 Å². The Bertz CT molecular complexity index is 1160. The van der Waals surface area contributed by atoms with Gasteiger partial charge in [0.05, 0.1) is 24.3 Å². The van der Waals surface area contributed by atoms with Crippen LogP contribution in [0.25, 0.3) is 22.4 Å². The van der Waals surface area contributed by atoms with E-state index in [1.807, 2.05) is 50.2 Å². The van der Waals surface area contributed by atoms with Crippen LogP contribution in [0.2, 0.25) is 0 Å². The molecule has 0 fully saturated rings. The van der Waals surface area contributed by atoms with E-state index in [1.54, 1.807) is 19.4 Å². The van der Waals surface area contributed by atoms with Gasteiger partial charge in [-0.3, -0.25) is 4.79 Å². The topological polar surface area (TPSA) is 90.4 Å². The fourth-order valence-electron chi connectivity index (χ4n) is 3.41. The number of rotatable bonds is 7. The van der Waals surface area contributed by atoms with Crippen molar-refractivity contribution in [2.24, 2.45) is 0 Å². The van der Waals surface area contributed by atoms with E-state index in [9.17, 15) is 4.79 Å². The van der Waals surface area contributed by atoms with E-state index >= 15 is 0 Å². The number of ether oxygens (including phenoxy) is 1. The largest absolute Gasteiger partial charge is 0.497 e. The summed E-state index contributed by atoms with van der Waals surface area (Å²) in [5.74, 6) is 1.41. The minimum absolute atomic E-state index is 0.0359. The second-order valence-corrected chi connectivity index (χ2v) is 7.25. The molecule has 0 aliphatic rings. The summed E-state index contributed by atoms with van der Waals surface area (Å²) in [5, 5.41) is 7.84. The molecule has 0 saturated heterocycles. The van der Waals surface area contributed by atoms with Crippen LogP contribution in [0, 0.1) is 6.92 Å². The highest BCUT2D eigenvalue weighted by atomic mass is 16.5. The minimum Gasteiger partial charge on any atom is -0.497 e. The first-order valence-electron chi connectivity index (χ1n) is 9.80. The van der Waals surface area contributed by atoms with E-state index < -0.39 is 0 Å². The van der Waals surface area contributed by atoms with Crippen molar-refractivity contribution in [2.75, 3.05) is 7.11 Å². The van der Waals surface area contributed by atoms with Crippen LogP contribution in [0.4, 0.5) is 0 Å². The number of furan rings is 1.